The van der Waals surface area contributed by atoms with Crippen LogP contribution in [-0.2, 0) is 16.9 Å². The lowest BCUT2D eigenvalue weighted by Gasteiger charge is -2.08. The molecule has 0 fully saturated rings. The number of halogens is 2. The van der Waals surface area contributed by atoms with Gasteiger partial charge in [-0.2, -0.15) is 5.10 Å². The van der Waals surface area contributed by atoms with Crippen molar-refractivity contribution in [2.45, 2.75) is 4.90 Å². The van der Waals surface area contributed by atoms with Crippen molar-refractivity contribution in [3.8, 4) is 11.3 Å². The summed E-state index contributed by atoms with van der Waals surface area (Å²) in [6, 6.07) is 2.91. The Morgan fingerprint density at radius 2 is 1.95 bits per heavy atom. The van der Waals surface area contributed by atoms with Gasteiger partial charge >= 0.3 is 5.97 Å². The van der Waals surface area contributed by atoms with E-state index in [4.69, 9.17) is 5.11 Å². The molecule has 0 aliphatic carbocycles. The van der Waals surface area contributed by atoms with Gasteiger partial charge < -0.3 is 5.11 Å². The van der Waals surface area contributed by atoms with Crippen molar-refractivity contribution in [3.05, 3.63) is 35.5 Å². The van der Waals surface area contributed by atoms with Crippen LogP contribution in [0.4, 0.5) is 8.78 Å². The normalized spacial score (nSPS) is 11.6. The molecule has 0 atom stereocenters. The maximum absolute atomic E-state index is 14.3. The van der Waals surface area contributed by atoms with Gasteiger partial charge in [-0.25, -0.2) is 22.0 Å². The van der Waals surface area contributed by atoms with Crippen LogP contribution in [0, 0.1) is 11.6 Å². The third kappa shape index (κ3) is 2.64. The zero-order valence-electron chi connectivity index (χ0n) is 11.0. The van der Waals surface area contributed by atoms with Gasteiger partial charge in [0.25, 0.3) is 0 Å². The van der Waals surface area contributed by atoms with Crippen LogP contribution in [0.1, 0.15) is 10.5 Å². The zero-order chi connectivity index (χ0) is 15.9. The molecule has 1 heterocycles. The van der Waals surface area contributed by atoms with Crippen molar-refractivity contribution in [3.63, 3.8) is 0 Å². The number of sulfone groups is 1. The number of aromatic carboxylic acids is 1. The van der Waals surface area contributed by atoms with Crippen LogP contribution < -0.4 is 0 Å². The van der Waals surface area contributed by atoms with Gasteiger partial charge in [-0.05, 0) is 18.2 Å². The summed E-state index contributed by atoms with van der Waals surface area (Å²) in [5.74, 6) is -3.81. The summed E-state index contributed by atoms with van der Waals surface area (Å²) in [5.41, 5.74) is -0.564. The Morgan fingerprint density at radius 3 is 2.43 bits per heavy atom. The molecule has 0 aliphatic heterocycles. The van der Waals surface area contributed by atoms with Crippen molar-refractivity contribution in [1.29, 1.82) is 0 Å². The van der Waals surface area contributed by atoms with Gasteiger partial charge in [0.1, 0.15) is 10.7 Å². The van der Waals surface area contributed by atoms with Crippen molar-refractivity contribution in [2.75, 3.05) is 6.26 Å². The molecule has 0 aliphatic rings. The Labute approximate surface area is 118 Å². The number of nitrogens with zero attached hydrogens (tertiary/aromatic N) is 2. The van der Waals surface area contributed by atoms with Crippen LogP contribution in [0.5, 0.6) is 0 Å². The van der Waals surface area contributed by atoms with Gasteiger partial charge in [0.15, 0.2) is 21.3 Å². The molecule has 0 spiro atoms. The standard InChI is InChI=1S/C12H10F2N2O4S/c1-16-9(5-8(15-16)12(17)18)6-3-4-7(13)11(10(6)14)21(2,19)20/h3-5H,1-2H3,(H,17,18). The molecule has 21 heavy (non-hydrogen) atoms. The summed E-state index contributed by atoms with van der Waals surface area (Å²) in [6.07, 6.45) is 0.685. The van der Waals surface area contributed by atoms with Crippen molar-refractivity contribution < 1.29 is 27.1 Å². The number of carboxylic acids is 1. The van der Waals surface area contributed by atoms with Crippen LogP contribution in [0.25, 0.3) is 11.3 Å². The third-order valence-corrected chi connectivity index (χ3v) is 3.91. The Bertz CT molecular complexity index is 843. The second kappa shape index (κ2) is 4.92. The van der Waals surface area contributed by atoms with E-state index in [2.05, 4.69) is 5.10 Å². The molecular formula is C12H10F2N2O4S. The zero-order valence-corrected chi connectivity index (χ0v) is 11.8. The molecule has 0 bridgehead atoms. The summed E-state index contributed by atoms with van der Waals surface area (Å²) in [6.45, 7) is 0. The molecule has 0 saturated heterocycles. The van der Waals surface area contributed by atoms with E-state index in [0.717, 1.165) is 22.9 Å². The average Bonchev–Trinajstić information content (AvgIpc) is 2.70. The SMILES string of the molecule is Cn1nc(C(=O)O)cc1-c1ccc(F)c(S(C)(=O)=O)c1F. The molecule has 1 aromatic heterocycles. The number of carbonyl (C=O) groups is 1. The van der Waals surface area contributed by atoms with E-state index >= 15 is 0 Å². The minimum absolute atomic E-state index is 0.0230. The first-order valence-electron chi connectivity index (χ1n) is 5.58. The maximum Gasteiger partial charge on any atom is 0.356 e. The minimum atomic E-state index is -4.11. The number of hydrogen-bond donors (Lipinski definition) is 1. The monoisotopic (exact) mass is 316 g/mol. The molecule has 6 nitrogen and oxygen atoms in total. The van der Waals surface area contributed by atoms with E-state index in [9.17, 15) is 22.0 Å². The molecule has 2 aromatic rings. The van der Waals surface area contributed by atoms with Crippen LogP contribution in [-0.4, -0.2) is 35.5 Å². The van der Waals surface area contributed by atoms with E-state index in [1.807, 2.05) is 0 Å². The second-order valence-electron chi connectivity index (χ2n) is 4.35. The molecule has 0 saturated carbocycles. The van der Waals surface area contributed by atoms with Crippen LogP contribution in [0.15, 0.2) is 23.1 Å². The van der Waals surface area contributed by atoms with Gasteiger partial charge in [0, 0.05) is 18.9 Å². The summed E-state index contributed by atoms with van der Waals surface area (Å²) in [7, 11) is -2.75. The molecule has 112 valence electrons. The van der Waals surface area contributed by atoms with Crippen LogP contribution in [0.2, 0.25) is 0 Å². The largest absolute Gasteiger partial charge is 0.476 e. The highest BCUT2D eigenvalue weighted by Gasteiger charge is 2.25. The van der Waals surface area contributed by atoms with Crippen molar-refractivity contribution >= 4 is 15.8 Å². The van der Waals surface area contributed by atoms with Crippen molar-refractivity contribution in [2.24, 2.45) is 7.05 Å². The van der Waals surface area contributed by atoms with Gasteiger partial charge in [-0.1, -0.05) is 0 Å². The Balaban J connectivity index is 2.75. The topological polar surface area (TPSA) is 89.3 Å². The number of carboxylic acid groups (broad SMARTS) is 1. The molecule has 0 unspecified atom stereocenters. The first-order valence-corrected chi connectivity index (χ1v) is 7.48. The quantitative estimate of drug-likeness (QED) is 0.926. The lowest BCUT2D eigenvalue weighted by atomic mass is 10.1. The lowest BCUT2D eigenvalue weighted by molar-refractivity contribution is 0.0689. The predicted octanol–water partition coefficient (Wildman–Crippen LogP) is 1.47. The van der Waals surface area contributed by atoms with E-state index in [-0.39, 0.29) is 17.0 Å². The fourth-order valence-electron chi connectivity index (χ4n) is 1.89. The summed E-state index contributed by atoms with van der Waals surface area (Å²) < 4.78 is 51.8. The minimum Gasteiger partial charge on any atom is -0.476 e. The van der Waals surface area contributed by atoms with Crippen LogP contribution in [0.3, 0.4) is 0 Å². The summed E-state index contributed by atoms with van der Waals surface area (Å²) in [5, 5.41) is 12.5. The smallest absolute Gasteiger partial charge is 0.356 e. The Morgan fingerprint density at radius 1 is 1.33 bits per heavy atom. The second-order valence-corrected chi connectivity index (χ2v) is 6.31. The van der Waals surface area contributed by atoms with Crippen molar-refractivity contribution in [1.82, 2.24) is 9.78 Å². The first kappa shape index (κ1) is 15.1. The van der Waals surface area contributed by atoms with E-state index in [0.29, 0.717) is 6.26 Å². The molecule has 1 aromatic carbocycles. The number of benzene rings is 1. The molecular weight excluding hydrogens is 306 g/mol. The molecule has 0 radical (unpaired) electrons. The Kier molecular flexibility index (Phi) is 3.54. The average molecular weight is 316 g/mol. The number of aryl methyl sites for hydroxylation is 1. The number of hydrogen-bond acceptors (Lipinski definition) is 4. The molecule has 0 amide bonds. The maximum atomic E-state index is 14.3. The van der Waals surface area contributed by atoms with Gasteiger partial charge in [0.2, 0.25) is 0 Å². The fraction of sp³-hybridized carbons (Fsp3) is 0.167. The Hall–Kier alpha value is -2.29. The fourth-order valence-corrected chi connectivity index (χ4v) is 2.75. The highest BCUT2D eigenvalue weighted by molar-refractivity contribution is 7.90. The van der Waals surface area contributed by atoms with E-state index in [1.54, 1.807) is 0 Å². The van der Waals surface area contributed by atoms with E-state index in [1.165, 1.54) is 7.05 Å². The lowest BCUT2D eigenvalue weighted by Crippen LogP contribution is -2.07. The van der Waals surface area contributed by atoms with E-state index < -0.39 is 32.3 Å². The first-order chi connectivity index (χ1) is 9.62. The molecule has 1 N–H and O–H groups in total. The molecule has 9 heteroatoms. The summed E-state index contributed by atoms with van der Waals surface area (Å²) in [4.78, 5) is 9.78. The van der Waals surface area contributed by atoms with Crippen LogP contribution >= 0.6 is 0 Å². The highest BCUT2D eigenvalue weighted by Crippen LogP contribution is 2.29. The highest BCUT2D eigenvalue weighted by atomic mass is 32.2. The third-order valence-electron chi connectivity index (χ3n) is 2.79. The predicted molar refractivity (Wildman–Crippen MR) is 68.6 cm³/mol. The van der Waals surface area contributed by atoms with Gasteiger partial charge in [0.05, 0.1) is 5.69 Å². The number of aromatic nitrogens is 2. The van der Waals surface area contributed by atoms with Gasteiger partial charge in [-0.3, -0.25) is 4.68 Å². The molecule has 2 rings (SSSR count). The summed E-state index contributed by atoms with van der Waals surface area (Å²) >= 11 is 0. The number of rotatable bonds is 3. The van der Waals surface area contributed by atoms with Gasteiger partial charge in [-0.15, -0.1) is 0 Å².